The fourth-order valence-electron chi connectivity index (χ4n) is 1.48. The maximum absolute atomic E-state index is 11.5. The Morgan fingerprint density at radius 1 is 1.67 bits per heavy atom. The van der Waals surface area contributed by atoms with E-state index in [1.54, 1.807) is 0 Å². The van der Waals surface area contributed by atoms with Crippen LogP contribution in [-0.4, -0.2) is 25.0 Å². The van der Waals surface area contributed by atoms with Crippen molar-refractivity contribution in [2.45, 2.75) is 26.3 Å². The molecule has 1 rings (SSSR count). The minimum atomic E-state index is -0.0805. The Bertz CT molecular complexity index is 252. The van der Waals surface area contributed by atoms with Crippen LogP contribution in [0.5, 0.6) is 0 Å². The molecule has 4 nitrogen and oxygen atoms in total. The third-order valence-corrected chi connectivity index (χ3v) is 2.77. The number of nitrogens with one attached hydrogen (secondary N) is 2. The second-order valence-corrected chi connectivity index (χ2v) is 3.82. The Balaban J connectivity index is 0.00000196. The maximum Gasteiger partial charge on any atom is 0.223 e. The van der Waals surface area contributed by atoms with Gasteiger partial charge in [-0.3, -0.25) is 4.79 Å². The van der Waals surface area contributed by atoms with Crippen LogP contribution in [0.25, 0.3) is 0 Å². The highest BCUT2D eigenvalue weighted by Crippen LogP contribution is 2.09. The van der Waals surface area contributed by atoms with Gasteiger partial charge in [-0.15, -0.1) is 12.4 Å². The molecule has 1 aliphatic rings. The molecule has 3 unspecified atom stereocenters. The van der Waals surface area contributed by atoms with Crippen molar-refractivity contribution in [3.8, 4) is 6.07 Å². The van der Waals surface area contributed by atoms with Gasteiger partial charge in [0.1, 0.15) is 0 Å². The molecule has 86 valence electrons. The summed E-state index contributed by atoms with van der Waals surface area (Å²) in [4.78, 5) is 11.5. The molecule has 1 heterocycles. The van der Waals surface area contributed by atoms with E-state index >= 15 is 0 Å². The van der Waals surface area contributed by atoms with Crippen molar-refractivity contribution in [3.05, 3.63) is 0 Å². The lowest BCUT2D eigenvalue weighted by Crippen LogP contribution is -2.42. The van der Waals surface area contributed by atoms with Gasteiger partial charge in [-0.05, 0) is 6.42 Å². The molecule has 1 aliphatic heterocycles. The van der Waals surface area contributed by atoms with Crippen molar-refractivity contribution in [3.63, 3.8) is 0 Å². The Morgan fingerprint density at radius 2 is 2.33 bits per heavy atom. The van der Waals surface area contributed by atoms with Gasteiger partial charge < -0.3 is 10.6 Å². The van der Waals surface area contributed by atoms with Gasteiger partial charge in [-0.1, -0.05) is 13.8 Å². The number of nitrogens with zero attached hydrogens (tertiary/aromatic N) is 1. The zero-order chi connectivity index (χ0) is 10.6. The molecule has 15 heavy (non-hydrogen) atoms. The monoisotopic (exact) mass is 231 g/mol. The van der Waals surface area contributed by atoms with Crippen molar-refractivity contribution in [2.75, 3.05) is 13.1 Å². The van der Waals surface area contributed by atoms with Crippen LogP contribution in [0.3, 0.4) is 0 Å². The fraction of sp³-hybridized carbons (Fsp3) is 0.800. The van der Waals surface area contributed by atoms with Crippen LogP contribution < -0.4 is 10.6 Å². The molecule has 2 N–H and O–H groups in total. The highest BCUT2D eigenvalue weighted by Gasteiger charge is 2.28. The van der Waals surface area contributed by atoms with E-state index in [0.29, 0.717) is 13.1 Å². The van der Waals surface area contributed by atoms with Crippen LogP contribution in [0.15, 0.2) is 0 Å². The molecule has 0 radical (unpaired) electrons. The summed E-state index contributed by atoms with van der Waals surface area (Å²) in [5, 5.41) is 14.8. The van der Waals surface area contributed by atoms with Gasteiger partial charge in [0, 0.05) is 19.0 Å². The number of halogens is 1. The second kappa shape index (κ2) is 6.65. The van der Waals surface area contributed by atoms with Crippen molar-refractivity contribution in [1.29, 1.82) is 5.26 Å². The average molecular weight is 232 g/mol. The molecule has 1 amide bonds. The summed E-state index contributed by atoms with van der Waals surface area (Å²) in [6, 6.07) is 2.19. The van der Waals surface area contributed by atoms with E-state index in [1.807, 2.05) is 13.8 Å². The quantitative estimate of drug-likeness (QED) is 0.751. The first kappa shape index (κ1) is 14.2. The zero-order valence-corrected chi connectivity index (χ0v) is 9.93. The van der Waals surface area contributed by atoms with Crippen LogP contribution in [-0.2, 0) is 4.79 Å². The van der Waals surface area contributed by atoms with Crippen molar-refractivity contribution in [2.24, 2.45) is 11.8 Å². The third kappa shape index (κ3) is 3.69. The van der Waals surface area contributed by atoms with E-state index in [0.717, 1.165) is 6.42 Å². The Hall–Kier alpha value is -0.790. The molecule has 0 aromatic heterocycles. The van der Waals surface area contributed by atoms with E-state index in [-0.39, 0.29) is 36.2 Å². The normalized spacial score (nSPS) is 26.2. The van der Waals surface area contributed by atoms with E-state index in [9.17, 15) is 4.79 Å². The minimum Gasteiger partial charge on any atom is -0.350 e. The van der Waals surface area contributed by atoms with Crippen molar-refractivity contribution < 1.29 is 4.79 Å². The first-order valence-corrected chi connectivity index (χ1v) is 5.09. The summed E-state index contributed by atoms with van der Waals surface area (Å²) in [6.45, 7) is 5.28. The summed E-state index contributed by atoms with van der Waals surface area (Å²) >= 11 is 0. The standard InChI is InChI=1S/C10H17N3O.ClH/c1-3-7(2)10(14)13-9-6-12-5-8(9)4-11;/h7-9,12H,3,5-6H2,1-2H3,(H,13,14);1H. The van der Waals surface area contributed by atoms with Gasteiger partial charge in [-0.2, -0.15) is 5.26 Å². The summed E-state index contributed by atoms with van der Waals surface area (Å²) in [5.41, 5.74) is 0. The fourth-order valence-corrected chi connectivity index (χ4v) is 1.48. The Morgan fingerprint density at radius 3 is 2.87 bits per heavy atom. The van der Waals surface area contributed by atoms with Gasteiger partial charge in [-0.25, -0.2) is 0 Å². The molecule has 0 bridgehead atoms. The second-order valence-electron chi connectivity index (χ2n) is 3.82. The molecule has 0 spiro atoms. The molecule has 3 atom stereocenters. The number of rotatable bonds is 3. The average Bonchev–Trinajstić information content (AvgIpc) is 2.63. The number of nitriles is 1. The van der Waals surface area contributed by atoms with E-state index < -0.39 is 0 Å². The van der Waals surface area contributed by atoms with Crippen molar-refractivity contribution in [1.82, 2.24) is 10.6 Å². The highest BCUT2D eigenvalue weighted by atomic mass is 35.5. The number of hydrogen-bond acceptors (Lipinski definition) is 3. The summed E-state index contributed by atoms with van der Waals surface area (Å²) in [6.07, 6.45) is 0.837. The van der Waals surface area contributed by atoms with E-state index in [1.165, 1.54) is 0 Å². The highest BCUT2D eigenvalue weighted by molar-refractivity contribution is 5.85. The summed E-state index contributed by atoms with van der Waals surface area (Å²) < 4.78 is 0. The largest absolute Gasteiger partial charge is 0.350 e. The molecular weight excluding hydrogens is 214 g/mol. The lowest BCUT2D eigenvalue weighted by atomic mass is 10.0. The molecule has 0 saturated carbocycles. The predicted molar refractivity (Wildman–Crippen MR) is 60.6 cm³/mol. The molecule has 5 heteroatoms. The molecule has 1 fully saturated rings. The zero-order valence-electron chi connectivity index (χ0n) is 9.12. The number of amides is 1. The topological polar surface area (TPSA) is 64.9 Å². The Kier molecular flexibility index (Phi) is 6.30. The lowest BCUT2D eigenvalue weighted by molar-refractivity contribution is -0.125. The first-order chi connectivity index (χ1) is 6.69. The van der Waals surface area contributed by atoms with Crippen molar-refractivity contribution >= 4 is 18.3 Å². The van der Waals surface area contributed by atoms with Gasteiger partial charge in [0.15, 0.2) is 0 Å². The summed E-state index contributed by atoms with van der Waals surface area (Å²) in [7, 11) is 0. The maximum atomic E-state index is 11.5. The third-order valence-electron chi connectivity index (χ3n) is 2.77. The number of carbonyl (C=O) groups excluding carboxylic acids is 1. The molecule has 0 aliphatic carbocycles. The van der Waals surface area contributed by atoms with Gasteiger partial charge in [0.2, 0.25) is 5.91 Å². The van der Waals surface area contributed by atoms with E-state index in [2.05, 4.69) is 16.7 Å². The van der Waals surface area contributed by atoms with Gasteiger partial charge in [0.05, 0.1) is 18.0 Å². The summed E-state index contributed by atoms with van der Waals surface area (Å²) in [5.74, 6) is 0.0133. The molecule has 1 saturated heterocycles. The predicted octanol–water partition coefficient (Wildman–Crippen LogP) is 0.682. The lowest BCUT2D eigenvalue weighted by Gasteiger charge is -2.17. The van der Waals surface area contributed by atoms with Crippen LogP contribution >= 0.6 is 12.4 Å². The number of carbonyl (C=O) groups is 1. The van der Waals surface area contributed by atoms with Gasteiger partial charge in [0.25, 0.3) is 0 Å². The SMILES string of the molecule is CCC(C)C(=O)NC1CNCC1C#N.Cl. The van der Waals surface area contributed by atoms with E-state index in [4.69, 9.17) is 5.26 Å². The molecule has 0 aromatic rings. The van der Waals surface area contributed by atoms with Crippen LogP contribution in [0, 0.1) is 23.2 Å². The van der Waals surface area contributed by atoms with Crippen LogP contribution in [0.4, 0.5) is 0 Å². The van der Waals surface area contributed by atoms with Crippen LogP contribution in [0.2, 0.25) is 0 Å². The minimum absolute atomic E-state index is 0. The molecule has 0 aromatic carbocycles. The van der Waals surface area contributed by atoms with Gasteiger partial charge >= 0.3 is 0 Å². The smallest absolute Gasteiger partial charge is 0.223 e. The Labute approximate surface area is 96.8 Å². The first-order valence-electron chi connectivity index (χ1n) is 5.09. The molecular formula is C10H18ClN3O. The number of hydrogen-bond donors (Lipinski definition) is 2. The van der Waals surface area contributed by atoms with Crippen LogP contribution in [0.1, 0.15) is 20.3 Å².